The predicted octanol–water partition coefficient (Wildman–Crippen LogP) is 2.56. The summed E-state index contributed by atoms with van der Waals surface area (Å²) in [5, 5.41) is 4.07. The van der Waals surface area contributed by atoms with Crippen molar-refractivity contribution in [1.29, 1.82) is 0 Å². The molecule has 1 aromatic rings. The highest BCUT2D eigenvalue weighted by atomic mass is 31.2. The second-order valence-electron chi connectivity index (χ2n) is 4.96. The van der Waals surface area contributed by atoms with Crippen LogP contribution in [0.5, 0.6) is 0 Å². The highest BCUT2D eigenvalue weighted by molar-refractivity contribution is 7.62. The van der Waals surface area contributed by atoms with Crippen LogP contribution in [-0.4, -0.2) is 34.7 Å². The third-order valence-electron chi connectivity index (χ3n) is 2.06. The van der Waals surface area contributed by atoms with Crippen LogP contribution in [-0.2, 0) is 18.3 Å². The number of carbonyl (C=O) groups excluding carboxylic acids is 1. The molecule has 0 aliphatic carbocycles. The molecule has 1 heterocycles. The van der Waals surface area contributed by atoms with E-state index in [1.54, 1.807) is 34.6 Å². The summed E-state index contributed by atoms with van der Waals surface area (Å²) in [5.41, 5.74) is -0.632. The van der Waals surface area contributed by atoms with Crippen LogP contribution in [0, 0.1) is 0 Å². The van der Waals surface area contributed by atoms with Gasteiger partial charge in [-0.15, -0.1) is 0 Å². The monoisotopic (exact) mass is 304 g/mol. The molecule has 0 amide bonds. The van der Waals surface area contributed by atoms with Crippen LogP contribution in [0.3, 0.4) is 0 Å². The van der Waals surface area contributed by atoms with E-state index in [4.69, 9.17) is 13.8 Å². The molecule has 0 bridgehead atoms. The topological polar surface area (TPSA) is 79.7 Å². The first-order chi connectivity index (χ1) is 9.22. The summed E-state index contributed by atoms with van der Waals surface area (Å²) in [5.74, 6) is 0. The molecule has 0 saturated heterocycles. The van der Waals surface area contributed by atoms with E-state index >= 15 is 0 Å². The van der Waals surface area contributed by atoms with Gasteiger partial charge in [0.05, 0.1) is 25.6 Å². The molecule has 0 aliphatic rings. The summed E-state index contributed by atoms with van der Waals surface area (Å²) in [4.78, 5) is 11.8. The van der Waals surface area contributed by atoms with Crippen molar-refractivity contribution < 1.29 is 23.1 Å². The van der Waals surface area contributed by atoms with Crippen LogP contribution in [0.25, 0.3) is 0 Å². The molecular weight excluding hydrogens is 283 g/mol. The molecule has 0 radical (unpaired) electrons. The van der Waals surface area contributed by atoms with Crippen molar-refractivity contribution >= 4 is 19.0 Å². The van der Waals surface area contributed by atoms with Gasteiger partial charge in [0, 0.05) is 0 Å². The highest BCUT2D eigenvalue weighted by Crippen LogP contribution is 2.46. The number of aromatic nitrogens is 2. The summed E-state index contributed by atoms with van der Waals surface area (Å²) in [7, 11) is -3.43. The Morgan fingerprint density at radius 2 is 1.85 bits per heavy atom. The first-order valence-electron chi connectivity index (χ1n) is 6.39. The maximum Gasteiger partial charge on any atom is 0.435 e. The lowest BCUT2D eigenvalue weighted by Gasteiger charge is -2.18. The van der Waals surface area contributed by atoms with E-state index in [9.17, 15) is 9.36 Å². The Labute approximate surface area is 118 Å². The molecule has 1 rings (SSSR count). The Morgan fingerprint density at radius 1 is 1.30 bits per heavy atom. The Hall–Kier alpha value is -1.17. The molecule has 0 atom stereocenters. The molecule has 0 spiro atoms. The summed E-state index contributed by atoms with van der Waals surface area (Å²) < 4.78 is 29.0. The number of ether oxygens (including phenoxy) is 1. The van der Waals surface area contributed by atoms with E-state index in [2.05, 4.69) is 5.10 Å². The van der Waals surface area contributed by atoms with Crippen molar-refractivity contribution in [1.82, 2.24) is 9.78 Å². The van der Waals surface area contributed by atoms with Crippen LogP contribution >= 0.6 is 7.60 Å². The van der Waals surface area contributed by atoms with Crippen LogP contribution in [0.2, 0.25) is 0 Å². The third kappa shape index (κ3) is 4.44. The van der Waals surface area contributed by atoms with Crippen molar-refractivity contribution in [2.45, 2.75) is 40.2 Å². The lowest BCUT2D eigenvalue weighted by Crippen LogP contribution is -2.27. The Bertz CT molecular complexity index is 496. The van der Waals surface area contributed by atoms with Crippen molar-refractivity contribution in [2.75, 3.05) is 13.2 Å². The van der Waals surface area contributed by atoms with Gasteiger partial charge in [-0.05, 0) is 34.6 Å². The van der Waals surface area contributed by atoms with Gasteiger partial charge < -0.3 is 13.8 Å². The minimum Gasteiger partial charge on any atom is -0.442 e. The van der Waals surface area contributed by atoms with Crippen molar-refractivity contribution in [3.05, 3.63) is 12.4 Å². The van der Waals surface area contributed by atoms with Gasteiger partial charge in [0.2, 0.25) is 0 Å². The van der Waals surface area contributed by atoms with Crippen LogP contribution in [0.1, 0.15) is 34.6 Å². The SMILES string of the molecule is CCOP(=O)(OCC)c1cnn(C(=O)OC(C)(C)C)c1. The molecule has 8 heteroatoms. The van der Waals surface area contributed by atoms with Gasteiger partial charge in [0.1, 0.15) is 10.9 Å². The van der Waals surface area contributed by atoms with Crippen molar-refractivity contribution in [3.8, 4) is 0 Å². The third-order valence-corrected chi connectivity index (χ3v) is 4.12. The summed E-state index contributed by atoms with van der Waals surface area (Å²) in [6.07, 6.45) is 1.94. The average molecular weight is 304 g/mol. The van der Waals surface area contributed by atoms with E-state index in [1.165, 1.54) is 12.4 Å². The quantitative estimate of drug-likeness (QED) is 0.778. The van der Waals surface area contributed by atoms with Gasteiger partial charge >= 0.3 is 13.7 Å². The molecule has 0 fully saturated rings. The number of rotatable bonds is 5. The molecular formula is C12H21N2O5P. The van der Waals surface area contributed by atoms with Crippen molar-refractivity contribution in [2.24, 2.45) is 0 Å². The fourth-order valence-electron chi connectivity index (χ4n) is 1.39. The fraction of sp³-hybridized carbons (Fsp3) is 0.667. The van der Waals surface area contributed by atoms with E-state index in [0.29, 0.717) is 0 Å². The fourth-order valence-corrected chi connectivity index (χ4v) is 2.89. The predicted molar refractivity (Wildman–Crippen MR) is 74.4 cm³/mol. The van der Waals surface area contributed by atoms with Crippen molar-refractivity contribution in [3.63, 3.8) is 0 Å². The molecule has 0 N–H and O–H groups in total. The second-order valence-corrected chi connectivity index (χ2v) is 6.98. The van der Waals surface area contributed by atoms with Gasteiger partial charge in [-0.25, -0.2) is 4.79 Å². The van der Waals surface area contributed by atoms with Gasteiger partial charge in [-0.2, -0.15) is 9.78 Å². The summed E-state index contributed by atoms with van der Waals surface area (Å²) in [6, 6.07) is 0. The van der Waals surface area contributed by atoms with E-state index in [-0.39, 0.29) is 18.5 Å². The Balaban J connectivity index is 2.95. The Morgan fingerprint density at radius 3 is 2.30 bits per heavy atom. The number of hydrogen-bond donors (Lipinski definition) is 0. The van der Waals surface area contributed by atoms with Gasteiger partial charge in [0.25, 0.3) is 0 Å². The lowest BCUT2D eigenvalue weighted by atomic mass is 10.2. The maximum absolute atomic E-state index is 12.5. The lowest BCUT2D eigenvalue weighted by molar-refractivity contribution is 0.0514. The molecule has 0 aromatic carbocycles. The highest BCUT2D eigenvalue weighted by Gasteiger charge is 2.30. The van der Waals surface area contributed by atoms with E-state index in [0.717, 1.165) is 4.68 Å². The second kappa shape index (κ2) is 6.52. The zero-order valence-corrected chi connectivity index (χ0v) is 13.3. The van der Waals surface area contributed by atoms with Gasteiger partial charge in [0.15, 0.2) is 0 Å². The largest absolute Gasteiger partial charge is 0.442 e. The first kappa shape index (κ1) is 16.9. The smallest absolute Gasteiger partial charge is 0.435 e. The minimum atomic E-state index is -3.43. The zero-order valence-electron chi connectivity index (χ0n) is 12.5. The first-order valence-corrected chi connectivity index (χ1v) is 7.94. The van der Waals surface area contributed by atoms with Gasteiger partial charge in [-0.3, -0.25) is 4.57 Å². The van der Waals surface area contributed by atoms with Crippen LogP contribution in [0.4, 0.5) is 4.79 Å². The standard InChI is InChI=1S/C12H21N2O5P/c1-6-17-20(16,18-7-2)10-8-13-14(9-10)11(15)19-12(3,4)5/h8-9H,6-7H2,1-5H3. The van der Waals surface area contributed by atoms with Crippen LogP contribution in [0.15, 0.2) is 12.4 Å². The Kier molecular flexibility index (Phi) is 5.50. The molecule has 1 aromatic heterocycles. The van der Waals surface area contributed by atoms with E-state index in [1.807, 2.05) is 0 Å². The summed E-state index contributed by atoms with van der Waals surface area (Å²) in [6.45, 7) is 9.14. The van der Waals surface area contributed by atoms with Crippen LogP contribution < -0.4 is 5.30 Å². The minimum absolute atomic E-state index is 0.229. The number of carbonyl (C=O) groups is 1. The average Bonchev–Trinajstić information content (AvgIpc) is 2.77. The molecule has 114 valence electrons. The molecule has 0 unspecified atom stereocenters. The van der Waals surface area contributed by atoms with E-state index < -0.39 is 19.3 Å². The molecule has 0 aliphatic heterocycles. The molecule has 0 saturated carbocycles. The molecule has 7 nitrogen and oxygen atoms in total. The maximum atomic E-state index is 12.5. The number of nitrogens with zero attached hydrogens (tertiary/aromatic N) is 2. The number of hydrogen-bond acceptors (Lipinski definition) is 6. The summed E-state index contributed by atoms with van der Waals surface area (Å²) >= 11 is 0. The normalized spacial score (nSPS) is 12.4. The van der Waals surface area contributed by atoms with Gasteiger partial charge in [-0.1, -0.05) is 0 Å². The zero-order chi connectivity index (χ0) is 15.4. The molecule has 20 heavy (non-hydrogen) atoms.